The van der Waals surface area contributed by atoms with E-state index < -0.39 is 0 Å². The van der Waals surface area contributed by atoms with Crippen LogP contribution < -0.4 is 4.74 Å². The number of hydrogen-bond acceptors (Lipinski definition) is 5. The van der Waals surface area contributed by atoms with Gasteiger partial charge in [-0.2, -0.15) is 5.10 Å². The number of H-pyrrole nitrogens is 1. The van der Waals surface area contributed by atoms with Gasteiger partial charge < -0.3 is 19.5 Å². The summed E-state index contributed by atoms with van der Waals surface area (Å²) < 4.78 is 11.7. The number of amides is 1. The minimum absolute atomic E-state index is 0.105. The fraction of sp³-hybridized carbons (Fsp3) is 0.312. The molecule has 0 radical (unpaired) electrons. The van der Waals surface area contributed by atoms with Gasteiger partial charge in [-0.15, -0.1) is 0 Å². The Morgan fingerprint density at radius 2 is 1.79 bits per heavy atom. The van der Waals surface area contributed by atoms with E-state index >= 15 is 0 Å². The van der Waals surface area contributed by atoms with Crippen LogP contribution in [0.2, 0.25) is 0 Å². The minimum atomic E-state index is -0.358. The molecular formula is C32H35N3O4. The molecule has 1 unspecified atom stereocenters. The van der Waals surface area contributed by atoms with Crippen molar-refractivity contribution >= 4 is 5.91 Å². The molecule has 7 nitrogen and oxygen atoms in total. The molecule has 0 fully saturated rings. The molecule has 4 aromatic rings. The van der Waals surface area contributed by atoms with Gasteiger partial charge in [0.15, 0.2) is 0 Å². The summed E-state index contributed by atoms with van der Waals surface area (Å²) in [5.74, 6) is 0.824. The van der Waals surface area contributed by atoms with Gasteiger partial charge in [0.05, 0.1) is 12.1 Å². The molecule has 2 N–H and O–H groups in total. The smallest absolute Gasteiger partial charge is 0.273 e. The average molecular weight is 526 g/mol. The number of rotatable bonds is 10. The lowest BCUT2D eigenvalue weighted by Crippen LogP contribution is -2.31. The van der Waals surface area contributed by atoms with Crippen LogP contribution in [0.25, 0.3) is 11.3 Å². The number of phenolic OH excluding ortho intramolecular Hbond substituents is 1. The number of aromatic hydroxyl groups is 1. The topological polar surface area (TPSA) is 87.7 Å². The molecule has 3 aromatic carbocycles. The highest BCUT2D eigenvalue weighted by Gasteiger charge is 2.42. The quantitative estimate of drug-likeness (QED) is 0.236. The first-order valence-electron chi connectivity index (χ1n) is 13.4. The van der Waals surface area contributed by atoms with E-state index in [1.54, 1.807) is 0 Å². The van der Waals surface area contributed by atoms with Crippen LogP contribution in [0.1, 0.15) is 64.6 Å². The van der Waals surface area contributed by atoms with E-state index in [-0.39, 0.29) is 23.8 Å². The molecule has 5 rings (SSSR count). The van der Waals surface area contributed by atoms with Crippen LogP contribution >= 0.6 is 0 Å². The second kappa shape index (κ2) is 11.3. The number of benzene rings is 3. The number of carbonyl (C=O) groups excluding carboxylic acids is 1. The molecule has 1 atom stereocenters. The van der Waals surface area contributed by atoms with Crippen molar-refractivity contribution in [1.29, 1.82) is 0 Å². The van der Waals surface area contributed by atoms with Crippen molar-refractivity contribution in [2.24, 2.45) is 0 Å². The van der Waals surface area contributed by atoms with Crippen LogP contribution in [-0.2, 0) is 11.3 Å². The van der Waals surface area contributed by atoms with Crippen molar-refractivity contribution < 1.29 is 19.4 Å². The fourth-order valence-electron chi connectivity index (χ4n) is 5.16. The summed E-state index contributed by atoms with van der Waals surface area (Å²) in [6.07, 6.45) is 0.843. The third kappa shape index (κ3) is 5.54. The molecule has 39 heavy (non-hydrogen) atoms. The number of nitrogens with zero attached hydrogens (tertiary/aromatic N) is 2. The summed E-state index contributed by atoms with van der Waals surface area (Å²) in [6, 6.07) is 21.4. The van der Waals surface area contributed by atoms with E-state index in [1.807, 2.05) is 99.3 Å². The summed E-state index contributed by atoms with van der Waals surface area (Å²) in [5, 5.41) is 18.5. The van der Waals surface area contributed by atoms with Crippen molar-refractivity contribution in [3.05, 3.63) is 100 Å². The van der Waals surface area contributed by atoms with Gasteiger partial charge in [0.25, 0.3) is 5.91 Å². The molecular weight excluding hydrogens is 490 g/mol. The van der Waals surface area contributed by atoms with Gasteiger partial charge in [0, 0.05) is 24.3 Å². The maximum atomic E-state index is 13.6. The van der Waals surface area contributed by atoms with Gasteiger partial charge in [-0.3, -0.25) is 9.89 Å². The third-order valence-electron chi connectivity index (χ3n) is 7.00. The van der Waals surface area contributed by atoms with Gasteiger partial charge >= 0.3 is 0 Å². The predicted molar refractivity (Wildman–Crippen MR) is 151 cm³/mol. The standard InChI is InChI=1S/C32H35N3O4/c1-20(2)38-16-8-15-35-30(24-11-13-25(14-12-24)39-19-23-9-6-5-7-10-23)27-28(33-34-29(27)32(35)37)26-18-21(3)17-22(4)31(26)36/h5-7,9-14,17-18,20,30,36H,8,15-16,19H2,1-4H3,(H,33,34). The number of ether oxygens (including phenoxy) is 2. The Kier molecular flexibility index (Phi) is 7.70. The lowest BCUT2D eigenvalue weighted by molar-refractivity contribution is 0.0601. The Labute approximate surface area is 229 Å². The summed E-state index contributed by atoms with van der Waals surface area (Å²) in [4.78, 5) is 15.5. The Hall–Kier alpha value is -4.10. The number of aromatic amines is 1. The highest BCUT2D eigenvalue weighted by atomic mass is 16.5. The van der Waals surface area contributed by atoms with Crippen molar-refractivity contribution in [3.63, 3.8) is 0 Å². The molecule has 0 saturated carbocycles. The highest BCUT2D eigenvalue weighted by Crippen LogP contribution is 2.45. The lowest BCUT2D eigenvalue weighted by atomic mass is 9.94. The summed E-state index contributed by atoms with van der Waals surface area (Å²) in [5.41, 5.74) is 6.29. The van der Waals surface area contributed by atoms with Crippen LogP contribution in [0.4, 0.5) is 0 Å². The van der Waals surface area contributed by atoms with Gasteiger partial charge in [0.2, 0.25) is 0 Å². The van der Waals surface area contributed by atoms with Crippen molar-refractivity contribution in [3.8, 4) is 22.8 Å². The first kappa shape index (κ1) is 26.5. The highest BCUT2D eigenvalue weighted by molar-refractivity contribution is 6.00. The number of aromatic nitrogens is 2. The molecule has 1 aliphatic heterocycles. The lowest BCUT2D eigenvalue weighted by Gasteiger charge is -2.27. The van der Waals surface area contributed by atoms with E-state index in [1.165, 1.54) is 0 Å². The Balaban J connectivity index is 1.48. The Bertz CT molecular complexity index is 1440. The molecule has 0 aliphatic carbocycles. The first-order chi connectivity index (χ1) is 18.8. The fourth-order valence-corrected chi connectivity index (χ4v) is 5.16. The maximum absolute atomic E-state index is 13.6. The largest absolute Gasteiger partial charge is 0.507 e. The van der Waals surface area contributed by atoms with Gasteiger partial charge in [-0.25, -0.2) is 0 Å². The number of aryl methyl sites for hydroxylation is 2. The average Bonchev–Trinajstić information content (AvgIpc) is 3.47. The number of carbonyl (C=O) groups is 1. The van der Waals surface area contributed by atoms with E-state index in [9.17, 15) is 9.90 Å². The zero-order valence-corrected chi connectivity index (χ0v) is 22.9. The number of nitrogens with one attached hydrogen (secondary N) is 1. The number of fused-ring (bicyclic) bond motifs is 1. The second-order valence-electron chi connectivity index (χ2n) is 10.4. The van der Waals surface area contributed by atoms with Crippen molar-refractivity contribution in [2.75, 3.05) is 13.2 Å². The van der Waals surface area contributed by atoms with E-state index in [0.717, 1.165) is 33.6 Å². The van der Waals surface area contributed by atoms with E-state index in [4.69, 9.17) is 9.47 Å². The van der Waals surface area contributed by atoms with Crippen molar-refractivity contribution in [2.45, 2.75) is 52.9 Å². The molecule has 7 heteroatoms. The van der Waals surface area contributed by atoms with Gasteiger partial charge in [-0.1, -0.05) is 48.5 Å². The van der Waals surface area contributed by atoms with Crippen LogP contribution in [-0.4, -0.2) is 45.4 Å². The SMILES string of the molecule is Cc1cc(C)c(O)c(-c2n[nH]c3c2C(c2ccc(OCc4ccccc4)cc2)N(CCCOC(C)C)C3=O)c1. The summed E-state index contributed by atoms with van der Waals surface area (Å²) >= 11 is 0. The molecule has 0 saturated heterocycles. The van der Waals surface area contributed by atoms with E-state index in [2.05, 4.69) is 10.2 Å². The molecule has 202 valence electrons. The molecule has 2 heterocycles. The van der Waals surface area contributed by atoms with Crippen LogP contribution in [0.3, 0.4) is 0 Å². The second-order valence-corrected chi connectivity index (χ2v) is 10.4. The molecule has 1 aromatic heterocycles. The third-order valence-corrected chi connectivity index (χ3v) is 7.00. The Morgan fingerprint density at radius 1 is 1.05 bits per heavy atom. The number of phenols is 1. The van der Waals surface area contributed by atoms with Crippen molar-refractivity contribution in [1.82, 2.24) is 15.1 Å². The molecule has 0 bridgehead atoms. The van der Waals surface area contributed by atoms with E-state index in [0.29, 0.717) is 43.1 Å². The maximum Gasteiger partial charge on any atom is 0.273 e. The normalized spacial score (nSPS) is 14.7. The monoisotopic (exact) mass is 525 g/mol. The van der Waals surface area contributed by atoms with Crippen LogP contribution in [0.5, 0.6) is 11.5 Å². The summed E-state index contributed by atoms with van der Waals surface area (Å²) in [6.45, 7) is 9.44. The van der Waals surface area contributed by atoms with Gasteiger partial charge in [-0.05, 0) is 74.6 Å². The van der Waals surface area contributed by atoms with Crippen LogP contribution in [0.15, 0.2) is 66.7 Å². The zero-order valence-electron chi connectivity index (χ0n) is 22.9. The molecule has 1 amide bonds. The Morgan fingerprint density at radius 3 is 2.51 bits per heavy atom. The number of hydrogen-bond donors (Lipinski definition) is 2. The molecule has 1 aliphatic rings. The van der Waals surface area contributed by atoms with Crippen LogP contribution in [0, 0.1) is 13.8 Å². The predicted octanol–water partition coefficient (Wildman–Crippen LogP) is 6.34. The molecule has 0 spiro atoms. The minimum Gasteiger partial charge on any atom is -0.507 e. The summed E-state index contributed by atoms with van der Waals surface area (Å²) in [7, 11) is 0. The van der Waals surface area contributed by atoms with Gasteiger partial charge in [0.1, 0.15) is 29.5 Å². The first-order valence-corrected chi connectivity index (χ1v) is 13.4. The zero-order chi connectivity index (χ0) is 27.5.